The third-order valence-corrected chi connectivity index (χ3v) is 6.01. The molecule has 0 saturated carbocycles. The number of hydrogen-bond acceptors (Lipinski definition) is 7. The number of ether oxygens (including phenoxy) is 2. The maximum atomic E-state index is 13.9. The quantitative estimate of drug-likeness (QED) is 0.774. The molecule has 8 nitrogen and oxygen atoms in total. The third-order valence-electron chi connectivity index (χ3n) is 6.01. The third kappa shape index (κ3) is 3.38. The highest BCUT2D eigenvalue weighted by atomic mass is 19.4. The molecule has 162 valence electrons. The Kier molecular flexibility index (Phi) is 5.34. The Morgan fingerprint density at radius 3 is 2.80 bits per heavy atom. The molecule has 4 heterocycles. The van der Waals surface area contributed by atoms with Gasteiger partial charge < -0.3 is 19.9 Å². The van der Waals surface area contributed by atoms with Crippen LogP contribution in [0.5, 0.6) is 0 Å². The molecular weight excluding hydrogens is 403 g/mol. The van der Waals surface area contributed by atoms with Gasteiger partial charge in [0.1, 0.15) is 11.6 Å². The van der Waals surface area contributed by atoms with Crippen molar-refractivity contribution in [3.8, 4) is 6.07 Å². The number of aliphatic hydroxyl groups excluding tert-OH is 1. The van der Waals surface area contributed by atoms with Crippen LogP contribution in [0.2, 0.25) is 0 Å². The van der Waals surface area contributed by atoms with Gasteiger partial charge in [-0.3, -0.25) is 0 Å². The van der Waals surface area contributed by atoms with Gasteiger partial charge >= 0.3 is 6.18 Å². The van der Waals surface area contributed by atoms with Crippen LogP contribution in [-0.2, 0) is 21.1 Å². The second kappa shape index (κ2) is 7.68. The Morgan fingerprint density at radius 2 is 2.20 bits per heavy atom. The summed E-state index contributed by atoms with van der Waals surface area (Å²) in [6.07, 6.45) is -2.95. The van der Waals surface area contributed by atoms with E-state index in [0.717, 1.165) is 6.20 Å². The zero-order chi connectivity index (χ0) is 21.5. The lowest BCUT2D eigenvalue weighted by atomic mass is 9.79. The summed E-state index contributed by atoms with van der Waals surface area (Å²) in [5.74, 6) is 0.0769. The van der Waals surface area contributed by atoms with Gasteiger partial charge in [0.05, 0.1) is 48.3 Å². The number of alkyl halides is 3. The molecule has 2 N–H and O–H groups in total. The van der Waals surface area contributed by atoms with Gasteiger partial charge in [-0.15, -0.1) is 5.10 Å². The average molecular weight is 425 g/mol. The summed E-state index contributed by atoms with van der Waals surface area (Å²) >= 11 is 0. The van der Waals surface area contributed by atoms with E-state index >= 15 is 0 Å². The lowest BCUT2D eigenvalue weighted by Crippen LogP contribution is -2.42. The van der Waals surface area contributed by atoms with Crippen LogP contribution in [0.25, 0.3) is 5.52 Å². The highest BCUT2D eigenvalue weighted by Gasteiger charge is 2.46. The van der Waals surface area contributed by atoms with Crippen molar-refractivity contribution >= 4 is 11.5 Å². The van der Waals surface area contributed by atoms with Crippen molar-refractivity contribution in [3.05, 3.63) is 23.0 Å². The molecule has 4 rings (SSSR count). The van der Waals surface area contributed by atoms with Gasteiger partial charge in [0.2, 0.25) is 5.95 Å². The van der Waals surface area contributed by atoms with Gasteiger partial charge in [-0.1, -0.05) is 6.92 Å². The van der Waals surface area contributed by atoms with E-state index in [2.05, 4.69) is 15.4 Å². The highest BCUT2D eigenvalue weighted by molar-refractivity contribution is 5.67. The van der Waals surface area contributed by atoms with E-state index in [0.29, 0.717) is 32.5 Å². The first-order valence-electron chi connectivity index (χ1n) is 9.80. The van der Waals surface area contributed by atoms with Crippen molar-refractivity contribution in [1.82, 2.24) is 14.6 Å². The van der Waals surface area contributed by atoms with E-state index in [9.17, 15) is 23.5 Å². The molecule has 11 heteroatoms. The van der Waals surface area contributed by atoms with Gasteiger partial charge in [-0.25, -0.2) is 9.50 Å². The summed E-state index contributed by atoms with van der Waals surface area (Å²) in [5, 5.41) is 27.1. The first-order valence-corrected chi connectivity index (χ1v) is 9.80. The number of aromatic nitrogens is 3. The number of nitriles is 1. The van der Waals surface area contributed by atoms with Crippen LogP contribution in [0.3, 0.4) is 0 Å². The molecule has 0 radical (unpaired) electrons. The Morgan fingerprint density at radius 1 is 1.40 bits per heavy atom. The minimum absolute atomic E-state index is 0.0769. The standard InChI is InChI=1S/C19H22F3N5O3/c1-2-18(4-6-30-10-18)16-11(7-23)15(19(20,21)22)13-8-24-17(26-27(13)16)25-12-3-5-29-9-14(12)28/h8,12,14,28H,2-6,9-10H2,1H3,(H,25,26)/t12-,14-,18?/m1/s1. The van der Waals surface area contributed by atoms with Crippen LogP contribution in [-0.4, -0.2) is 58.3 Å². The monoisotopic (exact) mass is 425 g/mol. The average Bonchev–Trinajstić information content (AvgIpc) is 3.31. The van der Waals surface area contributed by atoms with Crippen LogP contribution in [0.4, 0.5) is 19.1 Å². The summed E-state index contributed by atoms with van der Waals surface area (Å²) < 4.78 is 53.6. The predicted octanol–water partition coefficient (Wildman–Crippen LogP) is 2.25. The molecular formula is C19H22F3N5O3. The van der Waals surface area contributed by atoms with Crippen LogP contribution in [0.1, 0.15) is 43.0 Å². The van der Waals surface area contributed by atoms with Gasteiger partial charge in [0, 0.05) is 18.6 Å². The number of halogens is 3. The second-order valence-electron chi connectivity index (χ2n) is 7.71. The van der Waals surface area contributed by atoms with Crippen LogP contribution in [0, 0.1) is 11.3 Å². The SMILES string of the molecule is CCC1(c2c(C#N)c(C(F)(F)F)c3cnc(N[C@@H]4CCOC[C@H]4O)nn23)CCOC1. The number of hydrogen-bond donors (Lipinski definition) is 2. The van der Waals surface area contributed by atoms with Crippen molar-refractivity contribution in [1.29, 1.82) is 5.26 Å². The maximum Gasteiger partial charge on any atom is 0.419 e. The molecule has 0 amide bonds. The molecule has 3 atom stereocenters. The molecule has 2 aromatic rings. The van der Waals surface area contributed by atoms with Gasteiger partial charge in [-0.05, 0) is 19.3 Å². The number of aliphatic hydroxyl groups is 1. The van der Waals surface area contributed by atoms with Crippen molar-refractivity contribution in [2.45, 2.75) is 49.9 Å². The number of fused-ring (bicyclic) bond motifs is 1. The summed E-state index contributed by atoms with van der Waals surface area (Å²) in [6.45, 7) is 3.08. The lowest BCUT2D eigenvalue weighted by molar-refractivity contribution is -0.136. The Hall–Kier alpha value is -2.42. The Balaban J connectivity index is 1.89. The maximum absolute atomic E-state index is 13.9. The summed E-state index contributed by atoms with van der Waals surface area (Å²) in [6, 6.07) is 1.38. The molecule has 0 bridgehead atoms. The van der Waals surface area contributed by atoms with Crippen LogP contribution in [0.15, 0.2) is 6.20 Å². The zero-order valence-electron chi connectivity index (χ0n) is 16.4. The molecule has 0 aliphatic carbocycles. The molecule has 0 aromatic carbocycles. The van der Waals surface area contributed by atoms with Crippen molar-refractivity contribution < 1.29 is 27.8 Å². The van der Waals surface area contributed by atoms with Crippen LogP contribution < -0.4 is 5.32 Å². The van der Waals surface area contributed by atoms with Gasteiger partial charge in [-0.2, -0.15) is 18.4 Å². The zero-order valence-corrected chi connectivity index (χ0v) is 16.4. The highest BCUT2D eigenvalue weighted by Crippen LogP contribution is 2.45. The molecule has 2 aliphatic rings. The largest absolute Gasteiger partial charge is 0.419 e. The Bertz CT molecular complexity index is 978. The fourth-order valence-corrected chi connectivity index (χ4v) is 4.29. The summed E-state index contributed by atoms with van der Waals surface area (Å²) in [7, 11) is 0. The molecule has 2 aromatic heterocycles. The fourth-order valence-electron chi connectivity index (χ4n) is 4.29. The molecule has 1 unspecified atom stereocenters. The minimum Gasteiger partial charge on any atom is -0.389 e. The molecule has 2 fully saturated rings. The van der Waals surface area contributed by atoms with Crippen LogP contribution >= 0.6 is 0 Å². The van der Waals surface area contributed by atoms with Crippen molar-refractivity contribution in [2.24, 2.45) is 0 Å². The van der Waals surface area contributed by atoms with E-state index in [4.69, 9.17) is 9.47 Å². The lowest BCUT2D eigenvalue weighted by Gasteiger charge is -2.28. The Labute approximate surface area is 170 Å². The number of nitrogens with one attached hydrogen (secondary N) is 1. The van der Waals surface area contributed by atoms with Crippen molar-refractivity contribution in [2.75, 3.05) is 31.7 Å². The van der Waals surface area contributed by atoms with Gasteiger partial charge in [0.25, 0.3) is 0 Å². The number of rotatable bonds is 4. The first-order chi connectivity index (χ1) is 14.3. The van der Waals surface area contributed by atoms with Crippen molar-refractivity contribution in [3.63, 3.8) is 0 Å². The summed E-state index contributed by atoms with van der Waals surface area (Å²) in [4.78, 5) is 4.04. The smallest absolute Gasteiger partial charge is 0.389 e. The van der Waals surface area contributed by atoms with E-state index in [1.165, 1.54) is 4.52 Å². The number of anilines is 1. The van der Waals surface area contributed by atoms with E-state index in [1.807, 2.05) is 6.92 Å². The number of nitrogens with zero attached hydrogens (tertiary/aromatic N) is 4. The normalized spacial score (nSPS) is 27.3. The predicted molar refractivity (Wildman–Crippen MR) is 99.0 cm³/mol. The minimum atomic E-state index is -4.74. The topological polar surface area (TPSA) is 105 Å². The summed E-state index contributed by atoms with van der Waals surface area (Å²) in [5.41, 5.74) is -2.29. The first kappa shape index (κ1) is 20.8. The van der Waals surface area contributed by atoms with Gasteiger partial charge in [0.15, 0.2) is 0 Å². The molecule has 2 aliphatic heterocycles. The molecule has 2 saturated heterocycles. The van der Waals surface area contributed by atoms with E-state index in [-0.39, 0.29) is 36.4 Å². The molecule has 30 heavy (non-hydrogen) atoms. The second-order valence-corrected chi connectivity index (χ2v) is 7.71. The molecule has 0 spiro atoms. The van der Waals surface area contributed by atoms with E-state index < -0.39 is 28.8 Å². The van der Waals surface area contributed by atoms with E-state index in [1.54, 1.807) is 6.07 Å². The fraction of sp³-hybridized carbons (Fsp3) is 0.632.